The van der Waals surface area contributed by atoms with Gasteiger partial charge in [-0.3, -0.25) is 9.59 Å². The van der Waals surface area contributed by atoms with Gasteiger partial charge in [0, 0.05) is 19.0 Å². The normalized spacial score (nSPS) is 23.1. The van der Waals surface area contributed by atoms with Crippen molar-refractivity contribution in [1.82, 2.24) is 25.0 Å². The number of nitrogens with one attached hydrogen (secondary N) is 1. The minimum Gasteiger partial charge on any atom is -0.344 e. The Morgan fingerprint density at radius 3 is 2.81 bits per heavy atom. The van der Waals surface area contributed by atoms with E-state index in [2.05, 4.69) is 22.3 Å². The van der Waals surface area contributed by atoms with Gasteiger partial charge in [-0.25, -0.2) is 9.67 Å². The van der Waals surface area contributed by atoms with E-state index in [-0.39, 0.29) is 17.9 Å². The predicted molar refractivity (Wildman–Crippen MR) is 77.2 cm³/mol. The van der Waals surface area contributed by atoms with Crippen LogP contribution in [0.2, 0.25) is 0 Å². The van der Waals surface area contributed by atoms with Crippen molar-refractivity contribution < 1.29 is 9.59 Å². The number of carbonyl (C=O) groups excluding carboxylic acids is 2. The van der Waals surface area contributed by atoms with Crippen molar-refractivity contribution in [3.05, 3.63) is 12.2 Å². The second-order valence-corrected chi connectivity index (χ2v) is 5.45. The van der Waals surface area contributed by atoms with Crippen molar-refractivity contribution in [2.24, 2.45) is 0 Å². The average Bonchev–Trinajstić information content (AvgIpc) is 2.84. The number of aromatic nitrogens is 3. The SMILES string of the molecule is CCCn1ncnc1CN1C(=O)C(CC)NC(=O)CC1C. The Bertz CT molecular complexity index is 513. The Labute approximate surface area is 124 Å². The minimum atomic E-state index is -0.440. The molecule has 0 aliphatic carbocycles. The molecule has 2 atom stereocenters. The van der Waals surface area contributed by atoms with Gasteiger partial charge in [-0.15, -0.1) is 0 Å². The minimum absolute atomic E-state index is 0.0399. The van der Waals surface area contributed by atoms with E-state index in [1.807, 2.05) is 18.5 Å². The Kier molecular flexibility index (Phi) is 4.93. The molecule has 0 radical (unpaired) electrons. The van der Waals surface area contributed by atoms with Crippen LogP contribution >= 0.6 is 0 Å². The summed E-state index contributed by atoms with van der Waals surface area (Å²) in [5, 5.41) is 6.97. The van der Waals surface area contributed by atoms with Gasteiger partial charge >= 0.3 is 0 Å². The van der Waals surface area contributed by atoms with Crippen molar-refractivity contribution in [2.75, 3.05) is 0 Å². The molecule has 1 saturated heterocycles. The zero-order chi connectivity index (χ0) is 15.4. The number of amides is 2. The van der Waals surface area contributed by atoms with Crippen molar-refractivity contribution in [3.8, 4) is 0 Å². The lowest BCUT2D eigenvalue weighted by Crippen LogP contribution is -2.46. The highest BCUT2D eigenvalue weighted by Gasteiger charge is 2.33. The number of hydrogen-bond donors (Lipinski definition) is 1. The summed E-state index contributed by atoms with van der Waals surface area (Å²) in [4.78, 5) is 30.4. The Morgan fingerprint density at radius 1 is 1.38 bits per heavy atom. The van der Waals surface area contributed by atoms with Crippen molar-refractivity contribution in [3.63, 3.8) is 0 Å². The molecule has 1 fully saturated rings. The maximum absolute atomic E-state index is 12.6. The third kappa shape index (κ3) is 3.40. The van der Waals surface area contributed by atoms with E-state index in [0.29, 0.717) is 19.4 Å². The molecule has 2 rings (SSSR count). The van der Waals surface area contributed by atoms with Crippen LogP contribution in [0.15, 0.2) is 6.33 Å². The highest BCUT2D eigenvalue weighted by Crippen LogP contribution is 2.16. The molecule has 7 nitrogen and oxygen atoms in total. The molecule has 1 aliphatic rings. The summed E-state index contributed by atoms with van der Waals surface area (Å²) in [6.07, 6.45) is 3.38. The van der Waals surface area contributed by atoms with E-state index in [1.54, 1.807) is 4.90 Å². The van der Waals surface area contributed by atoms with E-state index in [9.17, 15) is 9.59 Å². The molecule has 0 bridgehead atoms. The maximum atomic E-state index is 12.6. The number of rotatable bonds is 5. The van der Waals surface area contributed by atoms with E-state index < -0.39 is 6.04 Å². The van der Waals surface area contributed by atoms with Crippen molar-refractivity contribution in [1.29, 1.82) is 0 Å². The summed E-state index contributed by atoms with van der Waals surface area (Å²) in [5.41, 5.74) is 0. The second kappa shape index (κ2) is 6.69. The van der Waals surface area contributed by atoms with E-state index in [1.165, 1.54) is 6.33 Å². The molecule has 1 N–H and O–H groups in total. The molecule has 0 aromatic carbocycles. The molecule has 0 saturated carbocycles. The van der Waals surface area contributed by atoms with Crippen LogP contribution in [0.3, 0.4) is 0 Å². The first-order chi connectivity index (χ1) is 10.1. The largest absolute Gasteiger partial charge is 0.344 e. The molecule has 116 valence electrons. The summed E-state index contributed by atoms with van der Waals surface area (Å²) in [5.74, 6) is 0.656. The summed E-state index contributed by atoms with van der Waals surface area (Å²) >= 11 is 0. The molecule has 7 heteroatoms. The van der Waals surface area contributed by atoms with E-state index in [0.717, 1.165) is 18.8 Å². The number of nitrogens with zero attached hydrogens (tertiary/aromatic N) is 4. The third-order valence-electron chi connectivity index (χ3n) is 3.78. The molecular formula is C14H23N5O2. The zero-order valence-corrected chi connectivity index (χ0v) is 12.9. The van der Waals surface area contributed by atoms with Gasteiger partial charge in [-0.2, -0.15) is 5.10 Å². The highest BCUT2D eigenvalue weighted by molar-refractivity contribution is 5.90. The van der Waals surface area contributed by atoms with Crippen LogP contribution in [0.4, 0.5) is 0 Å². The zero-order valence-electron chi connectivity index (χ0n) is 12.9. The monoisotopic (exact) mass is 293 g/mol. The topological polar surface area (TPSA) is 80.1 Å². The van der Waals surface area contributed by atoms with Gasteiger partial charge in [-0.1, -0.05) is 13.8 Å². The van der Waals surface area contributed by atoms with Crippen LogP contribution in [0, 0.1) is 0 Å². The van der Waals surface area contributed by atoms with Crippen LogP contribution in [-0.2, 0) is 22.7 Å². The average molecular weight is 293 g/mol. The van der Waals surface area contributed by atoms with Crippen LogP contribution in [-0.4, -0.2) is 43.6 Å². The van der Waals surface area contributed by atoms with Crippen LogP contribution in [0.25, 0.3) is 0 Å². The fourth-order valence-corrected chi connectivity index (χ4v) is 2.58. The van der Waals surface area contributed by atoms with Gasteiger partial charge in [0.05, 0.1) is 6.54 Å². The lowest BCUT2D eigenvalue weighted by molar-refractivity contribution is -0.135. The van der Waals surface area contributed by atoms with Gasteiger partial charge in [0.2, 0.25) is 11.8 Å². The van der Waals surface area contributed by atoms with Gasteiger partial charge in [0.1, 0.15) is 18.2 Å². The molecule has 1 aliphatic heterocycles. The molecule has 1 aromatic rings. The number of carbonyl (C=O) groups is 2. The Hall–Kier alpha value is -1.92. The molecule has 1 aromatic heterocycles. The second-order valence-electron chi connectivity index (χ2n) is 5.45. The summed E-state index contributed by atoms with van der Waals surface area (Å²) in [6.45, 7) is 7.04. The number of hydrogen-bond acceptors (Lipinski definition) is 4. The van der Waals surface area contributed by atoms with Crippen LogP contribution in [0.1, 0.15) is 45.9 Å². The Morgan fingerprint density at radius 2 is 2.14 bits per heavy atom. The number of aryl methyl sites for hydroxylation is 1. The van der Waals surface area contributed by atoms with Gasteiger partial charge in [0.25, 0.3) is 0 Å². The Balaban J connectivity index is 2.20. The first-order valence-corrected chi connectivity index (χ1v) is 7.53. The van der Waals surface area contributed by atoms with Gasteiger partial charge in [0.15, 0.2) is 0 Å². The van der Waals surface area contributed by atoms with Crippen LogP contribution < -0.4 is 5.32 Å². The maximum Gasteiger partial charge on any atom is 0.245 e. The molecule has 0 spiro atoms. The summed E-state index contributed by atoms with van der Waals surface area (Å²) < 4.78 is 1.82. The first kappa shape index (κ1) is 15.5. The first-order valence-electron chi connectivity index (χ1n) is 7.53. The third-order valence-corrected chi connectivity index (χ3v) is 3.78. The summed E-state index contributed by atoms with van der Waals surface area (Å²) in [6, 6.07) is -0.578. The molecular weight excluding hydrogens is 270 g/mol. The molecule has 2 heterocycles. The quantitative estimate of drug-likeness (QED) is 0.867. The van der Waals surface area contributed by atoms with Gasteiger partial charge in [-0.05, 0) is 19.8 Å². The highest BCUT2D eigenvalue weighted by atomic mass is 16.2. The fraction of sp³-hybridized carbons (Fsp3) is 0.714. The molecule has 21 heavy (non-hydrogen) atoms. The summed E-state index contributed by atoms with van der Waals surface area (Å²) in [7, 11) is 0. The lowest BCUT2D eigenvalue weighted by Gasteiger charge is -2.28. The predicted octanol–water partition coefficient (Wildman–Crippen LogP) is 0.704. The van der Waals surface area contributed by atoms with E-state index in [4.69, 9.17) is 0 Å². The smallest absolute Gasteiger partial charge is 0.245 e. The lowest BCUT2D eigenvalue weighted by atomic mass is 10.1. The van der Waals surface area contributed by atoms with Crippen molar-refractivity contribution >= 4 is 11.8 Å². The van der Waals surface area contributed by atoms with Gasteiger partial charge < -0.3 is 10.2 Å². The van der Waals surface area contributed by atoms with E-state index >= 15 is 0 Å². The van der Waals surface area contributed by atoms with Crippen LogP contribution in [0.5, 0.6) is 0 Å². The molecule has 2 unspecified atom stereocenters. The standard InChI is InChI=1S/C14H23N5O2/c1-4-6-19-12(15-9-16-19)8-18-10(3)7-13(20)17-11(5-2)14(18)21/h9-11H,4-8H2,1-3H3,(H,17,20). The fourth-order valence-electron chi connectivity index (χ4n) is 2.58. The molecule has 2 amide bonds. The van der Waals surface area contributed by atoms with Crippen molar-refractivity contribution in [2.45, 2.75) is 65.2 Å².